The minimum Gasteiger partial charge on any atom is -0.478 e. The highest BCUT2D eigenvalue weighted by Gasteiger charge is 2.27. The summed E-state index contributed by atoms with van der Waals surface area (Å²) in [6, 6.07) is 4.84. The van der Waals surface area contributed by atoms with E-state index >= 15 is 0 Å². The average Bonchev–Trinajstić information content (AvgIpc) is 2.76. The minimum atomic E-state index is -0.984. The molecule has 0 amide bonds. The van der Waals surface area contributed by atoms with Crippen LogP contribution in [0.1, 0.15) is 49.9 Å². The Morgan fingerprint density at radius 2 is 2.05 bits per heavy atom. The van der Waals surface area contributed by atoms with Gasteiger partial charge in [-0.2, -0.15) is 0 Å². The topological polar surface area (TPSA) is 75.3 Å². The third-order valence-corrected chi connectivity index (χ3v) is 3.32. The number of rotatable bonds is 3. The molecule has 0 aliphatic rings. The highest BCUT2D eigenvalue weighted by atomic mass is 16.4. The molecule has 1 atom stereocenters. The van der Waals surface area contributed by atoms with E-state index in [1.165, 1.54) is 0 Å². The largest absolute Gasteiger partial charge is 0.478 e. The predicted molar refractivity (Wildman–Crippen MR) is 77.2 cm³/mol. The zero-order valence-corrected chi connectivity index (χ0v) is 12.2. The van der Waals surface area contributed by atoms with Gasteiger partial charge in [0, 0.05) is 5.41 Å². The fourth-order valence-corrected chi connectivity index (χ4v) is 2.36. The van der Waals surface area contributed by atoms with Gasteiger partial charge in [0.2, 0.25) is 0 Å². The summed E-state index contributed by atoms with van der Waals surface area (Å²) in [7, 11) is 0. The molecule has 2 rings (SSSR count). The molecule has 2 N–H and O–H groups in total. The molecule has 1 aromatic carbocycles. The quantitative estimate of drug-likeness (QED) is 0.903. The summed E-state index contributed by atoms with van der Waals surface area (Å²) in [5.41, 5.74) is 1.20. The number of benzene rings is 1. The van der Waals surface area contributed by atoms with Crippen molar-refractivity contribution in [3.05, 3.63) is 29.6 Å². The molecule has 0 fully saturated rings. The Labute approximate surface area is 117 Å². The van der Waals surface area contributed by atoms with E-state index in [9.17, 15) is 15.0 Å². The molecule has 0 spiro atoms. The van der Waals surface area contributed by atoms with Gasteiger partial charge in [0.15, 0.2) is 0 Å². The molecule has 5 heteroatoms. The lowest BCUT2D eigenvalue weighted by atomic mass is 9.95. The van der Waals surface area contributed by atoms with E-state index in [4.69, 9.17) is 0 Å². The van der Waals surface area contributed by atoms with Gasteiger partial charge < -0.3 is 14.8 Å². The number of aliphatic hydroxyl groups is 1. The van der Waals surface area contributed by atoms with Gasteiger partial charge in [-0.15, -0.1) is 0 Å². The molecule has 0 saturated carbocycles. The van der Waals surface area contributed by atoms with Crippen molar-refractivity contribution < 1.29 is 15.0 Å². The predicted octanol–water partition coefficient (Wildman–Crippen LogP) is 2.59. The Kier molecular flexibility index (Phi) is 3.56. The molecular weight excluding hydrogens is 256 g/mol. The van der Waals surface area contributed by atoms with Crippen LogP contribution in [0.4, 0.5) is 0 Å². The maximum absolute atomic E-state index is 11.4. The highest BCUT2D eigenvalue weighted by molar-refractivity contribution is 6.01. The first-order valence-electron chi connectivity index (χ1n) is 6.63. The normalized spacial score (nSPS) is 13.7. The summed E-state index contributed by atoms with van der Waals surface area (Å²) in [5, 5.41) is 18.9. The van der Waals surface area contributed by atoms with Crippen LogP contribution in [0.25, 0.3) is 11.0 Å². The van der Waals surface area contributed by atoms with Crippen molar-refractivity contribution in [1.29, 1.82) is 0 Å². The van der Waals surface area contributed by atoms with Crippen LogP contribution in [0.3, 0.4) is 0 Å². The molecule has 5 nitrogen and oxygen atoms in total. The second-order valence-electron chi connectivity index (χ2n) is 6.07. The first kappa shape index (κ1) is 14.5. The van der Waals surface area contributed by atoms with E-state index in [0.29, 0.717) is 11.0 Å². The van der Waals surface area contributed by atoms with Crippen LogP contribution in [0.2, 0.25) is 0 Å². The molecule has 108 valence electrons. The monoisotopic (exact) mass is 276 g/mol. The van der Waals surface area contributed by atoms with Gasteiger partial charge in [-0.25, -0.2) is 9.78 Å². The van der Waals surface area contributed by atoms with Crippen LogP contribution in [-0.2, 0) is 5.41 Å². The van der Waals surface area contributed by atoms with E-state index in [1.807, 2.05) is 32.3 Å². The number of aromatic carboxylic acids is 1. The van der Waals surface area contributed by atoms with Crippen molar-refractivity contribution in [3.8, 4) is 0 Å². The Balaban J connectivity index is 2.90. The molecule has 0 aliphatic heterocycles. The summed E-state index contributed by atoms with van der Waals surface area (Å²) < 4.78 is 1.85. The van der Waals surface area contributed by atoms with Gasteiger partial charge in [-0.3, -0.25) is 0 Å². The van der Waals surface area contributed by atoms with Crippen LogP contribution in [0.5, 0.6) is 0 Å². The van der Waals surface area contributed by atoms with Crippen LogP contribution in [0, 0.1) is 0 Å². The summed E-state index contributed by atoms with van der Waals surface area (Å²) in [5.74, 6) is -0.204. The van der Waals surface area contributed by atoms with E-state index in [-0.39, 0.29) is 23.6 Å². The smallest absolute Gasteiger partial charge is 0.337 e. The van der Waals surface area contributed by atoms with Crippen molar-refractivity contribution in [2.45, 2.75) is 39.2 Å². The number of hydrogen-bond acceptors (Lipinski definition) is 3. The molecule has 0 bridgehead atoms. The molecular formula is C15H20N2O3. The van der Waals surface area contributed by atoms with Crippen molar-refractivity contribution in [2.75, 3.05) is 6.61 Å². The zero-order valence-electron chi connectivity index (χ0n) is 12.2. The van der Waals surface area contributed by atoms with Crippen LogP contribution in [-0.4, -0.2) is 32.3 Å². The Morgan fingerprint density at radius 3 is 2.55 bits per heavy atom. The molecule has 0 aliphatic carbocycles. The van der Waals surface area contributed by atoms with Gasteiger partial charge in [-0.05, 0) is 19.1 Å². The van der Waals surface area contributed by atoms with Crippen molar-refractivity contribution in [1.82, 2.24) is 9.55 Å². The zero-order chi connectivity index (χ0) is 15.1. The third kappa shape index (κ3) is 2.29. The van der Waals surface area contributed by atoms with Gasteiger partial charge in [0.05, 0.1) is 29.2 Å². The van der Waals surface area contributed by atoms with Crippen LogP contribution >= 0.6 is 0 Å². The number of nitrogens with zero attached hydrogens (tertiary/aromatic N) is 2. The summed E-state index contributed by atoms with van der Waals surface area (Å²) >= 11 is 0. The number of hydrogen-bond donors (Lipinski definition) is 2. The van der Waals surface area contributed by atoms with E-state index in [1.54, 1.807) is 18.2 Å². The molecule has 1 unspecified atom stereocenters. The fourth-order valence-electron chi connectivity index (χ4n) is 2.36. The van der Waals surface area contributed by atoms with Crippen molar-refractivity contribution in [2.24, 2.45) is 0 Å². The van der Waals surface area contributed by atoms with E-state index in [0.717, 1.165) is 5.82 Å². The summed E-state index contributed by atoms with van der Waals surface area (Å²) in [6.07, 6.45) is 0. The van der Waals surface area contributed by atoms with Gasteiger partial charge in [0.25, 0.3) is 0 Å². The van der Waals surface area contributed by atoms with Gasteiger partial charge in [-0.1, -0.05) is 26.8 Å². The first-order valence-corrected chi connectivity index (χ1v) is 6.63. The summed E-state index contributed by atoms with van der Waals surface area (Å²) in [6.45, 7) is 7.86. The number of aliphatic hydroxyl groups excluding tert-OH is 1. The second-order valence-corrected chi connectivity index (χ2v) is 6.07. The minimum absolute atomic E-state index is 0.0670. The highest BCUT2D eigenvalue weighted by Crippen LogP contribution is 2.31. The lowest BCUT2D eigenvalue weighted by Crippen LogP contribution is -2.23. The van der Waals surface area contributed by atoms with Gasteiger partial charge >= 0.3 is 5.97 Å². The van der Waals surface area contributed by atoms with Crippen LogP contribution < -0.4 is 0 Å². The fraction of sp³-hybridized carbons (Fsp3) is 0.467. The Morgan fingerprint density at radius 1 is 1.40 bits per heavy atom. The lowest BCUT2D eigenvalue weighted by molar-refractivity contribution is 0.0698. The Bertz CT molecular complexity index is 653. The third-order valence-electron chi connectivity index (χ3n) is 3.32. The number of carboxylic acids is 1. The summed E-state index contributed by atoms with van der Waals surface area (Å²) in [4.78, 5) is 16.0. The molecule has 1 aromatic heterocycles. The molecule has 20 heavy (non-hydrogen) atoms. The maximum atomic E-state index is 11.4. The molecule has 2 aromatic rings. The number of imidazole rings is 1. The molecule has 1 heterocycles. The van der Waals surface area contributed by atoms with Gasteiger partial charge in [0.1, 0.15) is 5.82 Å². The SMILES string of the molecule is CC(CO)n1c(C(C)(C)C)nc2cccc(C(=O)O)c21. The first-order chi connectivity index (χ1) is 9.27. The average molecular weight is 276 g/mol. The van der Waals surface area contributed by atoms with E-state index in [2.05, 4.69) is 4.98 Å². The maximum Gasteiger partial charge on any atom is 0.337 e. The standard InChI is InChI=1S/C15H20N2O3/c1-9(8-18)17-12-10(13(19)20)6-5-7-11(12)16-14(17)15(2,3)4/h5-7,9,18H,8H2,1-4H3,(H,19,20). The van der Waals surface area contributed by atoms with Crippen molar-refractivity contribution in [3.63, 3.8) is 0 Å². The number of carboxylic acid groups (broad SMARTS) is 1. The molecule has 0 saturated heterocycles. The van der Waals surface area contributed by atoms with Crippen LogP contribution in [0.15, 0.2) is 18.2 Å². The number of aromatic nitrogens is 2. The number of fused-ring (bicyclic) bond motifs is 1. The second kappa shape index (κ2) is 4.90. The number of carbonyl (C=O) groups is 1. The number of para-hydroxylation sites is 1. The Hall–Kier alpha value is -1.88. The van der Waals surface area contributed by atoms with E-state index < -0.39 is 5.97 Å². The lowest BCUT2D eigenvalue weighted by Gasteiger charge is -2.23. The van der Waals surface area contributed by atoms with Crippen molar-refractivity contribution >= 4 is 17.0 Å². The molecule has 0 radical (unpaired) electrons.